The van der Waals surface area contributed by atoms with Crippen molar-refractivity contribution in [1.82, 2.24) is 19.9 Å². The van der Waals surface area contributed by atoms with Crippen LogP contribution in [0.3, 0.4) is 0 Å². The molecule has 1 aliphatic heterocycles. The summed E-state index contributed by atoms with van der Waals surface area (Å²) in [6.07, 6.45) is 8.18. The van der Waals surface area contributed by atoms with E-state index in [0.29, 0.717) is 5.95 Å². The quantitative estimate of drug-likeness (QED) is 0.434. The van der Waals surface area contributed by atoms with Crippen LogP contribution in [0.25, 0.3) is 0 Å². The Morgan fingerprint density at radius 2 is 1.84 bits per heavy atom. The highest BCUT2D eigenvalue weighted by Gasteiger charge is 2.10. The van der Waals surface area contributed by atoms with E-state index in [1.807, 2.05) is 6.26 Å². The summed E-state index contributed by atoms with van der Waals surface area (Å²) in [5.41, 5.74) is 0. The molecule has 1 N–H and O–H groups in total. The van der Waals surface area contributed by atoms with Gasteiger partial charge in [-0.1, -0.05) is 49.7 Å². The van der Waals surface area contributed by atoms with Crippen molar-refractivity contribution in [3.8, 4) is 0 Å². The molecule has 0 saturated carbocycles. The van der Waals surface area contributed by atoms with Crippen LogP contribution in [0, 0.1) is 0 Å². The van der Waals surface area contributed by atoms with E-state index in [-0.39, 0.29) is 0 Å². The fourth-order valence-electron chi connectivity index (χ4n) is 2.59. The summed E-state index contributed by atoms with van der Waals surface area (Å²) in [5.74, 6) is 1.78. The molecule has 0 bridgehead atoms. The minimum atomic E-state index is 0.706. The number of nitrogens with one attached hydrogen (secondary N) is 1. The Morgan fingerprint density at radius 3 is 2.60 bits per heavy atom. The van der Waals surface area contributed by atoms with Crippen LogP contribution < -0.4 is 5.32 Å². The van der Waals surface area contributed by atoms with Crippen LogP contribution in [-0.4, -0.2) is 71.3 Å². The predicted octanol–water partition coefficient (Wildman–Crippen LogP) is 3.40. The molecule has 0 amide bonds. The maximum atomic E-state index is 5.38. The molecular weight excluding hydrogens is 354 g/mol. The van der Waals surface area contributed by atoms with Crippen molar-refractivity contribution < 1.29 is 4.74 Å². The summed E-state index contributed by atoms with van der Waals surface area (Å²) < 4.78 is 5.38. The number of anilines is 1. The molecule has 6 nitrogen and oxygen atoms in total. The molecule has 1 aromatic heterocycles. The smallest absolute Gasteiger partial charge is 0.227 e. The number of unbranched alkanes of at least 4 members (excludes halogenated alkanes) is 3. The first-order valence-electron chi connectivity index (χ1n) is 9.28. The Hall–Kier alpha value is -0.570. The second kappa shape index (κ2) is 12.7. The maximum absolute atomic E-state index is 5.38. The van der Waals surface area contributed by atoms with E-state index < -0.39 is 0 Å². The number of hydrogen-bond donors (Lipinski definition) is 1. The van der Waals surface area contributed by atoms with Gasteiger partial charge in [0.15, 0.2) is 10.3 Å². The molecule has 1 aromatic rings. The van der Waals surface area contributed by atoms with Gasteiger partial charge in [0.25, 0.3) is 0 Å². The lowest BCUT2D eigenvalue weighted by atomic mass is 10.2. The van der Waals surface area contributed by atoms with Gasteiger partial charge in [0.1, 0.15) is 0 Å². The van der Waals surface area contributed by atoms with Crippen LogP contribution in [0.5, 0.6) is 0 Å². The monoisotopic (exact) mass is 385 g/mol. The Balaban J connectivity index is 1.73. The van der Waals surface area contributed by atoms with Gasteiger partial charge in [0, 0.05) is 25.4 Å². The normalized spacial score (nSPS) is 15.4. The van der Waals surface area contributed by atoms with Crippen LogP contribution in [0.1, 0.15) is 39.0 Å². The third kappa shape index (κ3) is 8.57. The standard InChI is InChI=1S/C17H31N5OS2/c1-3-4-5-6-14-25-17-20-15(19-16(21-17)24-2)18-8-7-9-22-10-12-23-13-11-22/h3-14H2,1-2H3,(H,18,19,20,21). The van der Waals surface area contributed by atoms with Crippen LogP contribution in [0.4, 0.5) is 5.95 Å². The zero-order chi connectivity index (χ0) is 17.7. The fourth-order valence-corrected chi connectivity index (χ4v) is 3.84. The minimum Gasteiger partial charge on any atom is -0.379 e. The molecule has 0 spiro atoms. The zero-order valence-electron chi connectivity index (χ0n) is 15.5. The predicted molar refractivity (Wildman–Crippen MR) is 107 cm³/mol. The lowest BCUT2D eigenvalue weighted by Crippen LogP contribution is -2.37. The van der Waals surface area contributed by atoms with Crippen LogP contribution >= 0.6 is 23.5 Å². The van der Waals surface area contributed by atoms with Crippen molar-refractivity contribution in [2.45, 2.75) is 49.3 Å². The van der Waals surface area contributed by atoms with E-state index >= 15 is 0 Å². The topological polar surface area (TPSA) is 63.2 Å². The summed E-state index contributed by atoms with van der Waals surface area (Å²) in [4.78, 5) is 16.0. The Morgan fingerprint density at radius 1 is 1.04 bits per heavy atom. The van der Waals surface area contributed by atoms with E-state index in [2.05, 4.69) is 32.1 Å². The third-order valence-electron chi connectivity index (χ3n) is 4.04. The summed E-state index contributed by atoms with van der Waals surface area (Å²) in [7, 11) is 0. The average molecular weight is 386 g/mol. The maximum Gasteiger partial charge on any atom is 0.227 e. The Bertz CT molecular complexity index is 486. The molecule has 0 atom stereocenters. The molecule has 0 aromatic carbocycles. The highest BCUT2D eigenvalue weighted by atomic mass is 32.2. The third-order valence-corrected chi connectivity index (χ3v) is 5.53. The Kier molecular flexibility index (Phi) is 10.6. The minimum absolute atomic E-state index is 0.706. The number of nitrogens with zero attached hydrogens (tertiary/aromatic N) is 4. The van der Waals surface area contributed by atoms with Crippen molar-refractivity contribution in [1.29, 1.82) is 0 Å². The van der Waals surface area contributed by atoms with E-state index in [0.717, 1.165) is 61.9 Å². The van der Waals surface area contributed by atoms with E-state index in [1.54, 1.807) is 23.5 Å². The second-order valence-electron chi connectivity index (χ2n) is 6.07. The molecule has 0 radical (unpaired) electrons. The summed E-state index contributed by atoms with van der Waals surface area (Å²) >= 11 is 3.31. The highest BCUT2D eigenvalue weighted by Crippen LogP contribution is 2.20. The highest BCUT2D eigenvalue weighted by molar-refractivity contribution is 7.99. The first-order valence-corrected chi connectivity index (χ1v) is 11.5. The molecular formula is C17H31N5OS2. The average Bonchev–Trinajstić information content (AvgIpc) is 2.66. The van der Waals surface area contributed by atoms with Gasteiger partial charge in [-0.25, -0.2) is 0 Å². The van der Waals surface area contributed by atoms with Crippen LogP contribution in [0.15, 0.2) is 10.3 Å². The van der Waals surface area contributed by atoms with Gasteiger partial charge >= 0.3 is 0 Å². The number of thioether (sulfide) groups is 2. The molecule has 8 heteroatoms. The molecule has 0 aliphatic carbocycles. The zero-order valence-corrected chi connectivity index (χ0v) is 17.1. The van der Waals surface area contributed by atoms with Gasteiger partial charge in [-0.2, -0.15) is 15.0 Å². The fraction of sp³-hybridized carbons (Fsp3) is 0.824. The van der Waals surface area contributed by atoms with Gasteiger partial charge in [0.2, 0.25) is 5.95 Å². The molecule has 1 saturated heterocycles. The SMILES string of the molecule is CCCCCCSc1nc(NCCCN2CCOCC2)nc(SC)n1. The molecule has 142 valence electrons. The first kappa shape index (κ1) is 20.7. The molecule has 25 heavy (non-hydrogen) atoms. The van der Waals surface area contributed by atoms with Crippen molar-refractivity contribution in [2.24, 2.45) is 0 Å². The largest absolute Gasteiger partial charge is 0.379 e. The van der Waals surface area contributed by atoms with Crippen LogP contribution in [0.2, 0.25) is 0 Å². The van der Waals surface area contributed by atoms with Gasteiger partial charge < -0.3 is 10.1 Å². The summed E-state index contributed by atoms with van der Waals surface area (Å²) in [6.45, 7) is 8.02. The van der Waals surface area contributed by atoms with E-state index in [1.165, 1.54) is 25.7 Å². The molecule has 1 aliphatic rings. The molecule has 0 unspecified atom stereocenters. The molecule has 2 heterocycles. The summed E-state index contributed by atoms with van der Waals surface area (Å²) in [6, 6.07) is 0. The Labute approximate surface area is 160 Å². The first-order chi connectivity index (χ1) is 12.3. The van der Waals surface area contributed by atoms with Crippen molar-refractivity contribution in [3.05, 3.63) is 0 Å². The van der Waals surface area contributed by atoms with Gasteiger partial charge in [-0.15, -0.1) is 0 Å². The van der Waals surface area contributed by atoms with Crippen molar-refractivity contribution in [3.63, 3.8) is 0 Å². The van der Waals surface area contributed by atoms with Gasteiger partial charge in [-0.3, -0.25) is 4.90 Å². The summed E-state index contributed by atoms with van der Waals surface area (Å²) in [5, 5.41) is 5.00. The van der Waals surface area contributed by atoms with Gasteiger partial charge in [0.05, 0.1) is 13.2 Å². The van der Waals surface area contributed by atoms with Crippen LogP contribution in [-0.2, 0) is 4.74 Å². The van der Waals surface area contributed by atoms with E-state index in [4.69, 9.17) is 4.74 Å². The lowest BCUT2D eigenvalue weighted by molar-refractivity contribution is 0.0378. The number of aromatic nitrogens is 3. The second-order valence-corrected chi connectivity index (χ2v) is 7.91. The van der Waals surface area contributed by atoms with Gasteiger partial charge in [-0.05, 0) is 25.6 Å². The molecule has 1 fully saturated rings. The van der Waals surface area contributed by atoms with Crippen molar-refractivity contribution >= 4 is 29.5 Å². The number of ether oxygens (including phenoxy) is 1. The van der Waals surface area contributed by atoms with Crippen molar-refractivity contribution in [2.75, 3.05) is 56.7 Å². The van der Waals surface area contributed by atoms with E-state index in [9.17, 15) is 0 Å². The molecule has 2 rings (SSSR count). The lowest BCUT2D eigenvalue weighted by Gasteiger charge is -2.26. The number of rotatable bonds is 12. The number of hydrogen-bond acceptors (Lipinski definition) is 8. The number of morpholine rings is 1.